The lowest BCUT2D eigenvalue weighted by Gasteiger charge is -2.14. The van der Waals surface area contributed by atoms with Gasteiger partial charge in [0, 0.05) is 32.4 Å². The molecule has 1 amide bonds. The summed E-state index contributed by atoms with van der Waals surface area (Å²) < 4.78 is 40.6. The number of benzene rings is 1. The molecule has 0 saturated carbocycles. The van der Waals surface area contributed by atoms with Gasteiger partial charge in [-0.1, -0.05) is 6.07 Å². The van der Waals surface area contributed by atoms with Crippen LogP contribution in [0.5, 0.6) is 0 Å². The fraction of sp³-hybridized carbons (Fsp3) is 0.250. The fourth-order valence-electron chi connectivity index (χ4n) is 2.05. The predicted molar refractivity (Wildman–Crippen MR) is 101 cm³/mol. The smallest absolute Gasteiger partial charge is 0.246 e. The summed E-state index contributed by atoms with van der Waals surface area (Å²) in [4.78, 5) is 13.4. The minimum Gasteiger partial charge on any atom is -0.341 e. The van der Waals surface area contributed by atoms with Gasteiger partial charge in [-0.15, -0.1) is 0 Å². The van der Waals surface area contributed by atoms with Crippen molar-refractivity contribution in [2.75, 3.05) is 26.4 Å². The molecular formula is C16H18BrFN4O3S. The second-order valence-corrected chi connectivity index (χ2v) is 8.32. The number of hydrogen-bond donors (Lipinski definition) is 1. The summed E-state index contributed by atoms with van der Waals surface area (Å²) >= 11 is 3.25. The highest BCUT2D eigenvalue weighted by molar-refractivity contribution is 9.10. The van der Waals surface area contributed by atoms with Crippen molar-refractivity contribution < 1.29 is 17.6 Å². The molecule has 1 heterocycles. The van der Waals surface area contributed by atoms with E-state index in [0.29, 0.717) is 11.3 Å². The van der Waals surface area contributed by atoms with Gasteiger partial charge in [-0.25, -0.2) is 22.2 Å². The summed E-state index contributed by atoms with van der Waals surface area (Å²) in [6, 6.07) is 4.54. The second kappa shape index (κ2) is 8.56. The lowest BCUT2D eigenvalue weighted by molar-refractivity contribution is -0.124. The third-order valence-corrected chi connectivity index (χ3v) is 4.51. The van der Waals surface area contributed by atoms with Crippen LogP contribution in [0, 0.1) is 5.82 Å². The minimum absolute atomic E-state index is 0.123. The monoisotopic (exact) mass is 444 g/mol. The first-order chi connectivity index (χ1) is 12.2. The van der Waals surface area contributed by atoms with Crippen molar-refractivity contribution in [2.45, 2.75) is 0 Å². The standard InChI is InChI=1S/C16H18BrFN4O3S/c1-21(8-7-20-26(2,24)25)16(23)6-4-12-3-5-15(14(18)9-12)22-11-13(17)10-19-22/h3-6,9-11,20H,7-8H2,1-2H3/b6-4+. The number of amides is 1. The quantitative estimate of drug-likeness (QED) is 0.659. The van der Waals surface area contributed by atoms with Gasteiger partial charge < -0.3 is 4.90 Å². The molecule has 0 bridgehead atoms. The number of rotatable bonds is 7. The Hall–Kier alpha value is -2.04. The normalized spacial score (nSPS) is 11.8. The van der Waals surface area contributed by atoms with Crippen molar-refractivity contribution in [3.8, 4) is 5.69 Å². The molecular weight excluding hydrogens is 427 g/mol. The highest BCUT2D eigenvalue weighted by Gasteiger charge is 2.08. The SMILES string of the molecule is CN(CCNS(C)(=O)=O)C(=O)/C=C/c1ccc(-n2cc(Br)cn2)c(F)c1. The van der Waals surface area contributed by atoms with Crippen LogP contribution >= 0.6 is 15.9 Å². The summed E-state index contributed by atoms with van der Waals surface area (Å²) in [5.74, 6) is -0.790. The minimum atomic E-state index is -3.29. The summed E-state index contributed by atoms with van der Waals surface area (Å²) in [6.07, 6.45) is 7.04. The molecule has 0 aliphatic carbocycles. The molecule has 1 aromatic carbocycles. The number of aromatic nitrogens is 2. The molecule has 0 spiro atoms. The first kappa shape index (κ1) is 20.3. The van der Waals surface area contributed by atoms with E-state index in [2.05, 4.69) is 25.8 Å². The second-order valence-electron chi connectivity index (χ2n) is 5.57. The first-order valence-electron chi connectivity index (χ1n) is 7.53. The molecule has 2 rings (SSSR count). The number of likely N-dealkylation sites (N-methyl/N-ethyl adjacent to an activating group) is 1. The molecule has 2 aromatic rings. The van der Waals surface area contributed by atoms with E-state index in [9.17, 15) is 17.6 Å². The van der Waals surface area contributed by atoms with Crippen LogP contribution < -0.4 is 4.72 Å². The van der Waals surface area contributed by atoms with Crippen LogP contribution in [0.1, 0.15) is 5.56 Å². The van der Waals surface area contributed by atoms with Gasteiger partial charge in [-0.3, -0.25) is 4.79 Å². The van der Waals surface area contributed by atoms with E-state index in [-0.39, 0.29) is 19.0 Å². The number of nitrogens with zero attached hydrogens (tertiary/aromatic N) is 3. The van der Waals surface area contributed by atoms with E-state index in [0.717, 1.165) is 10.7 Å². The molecule has 0 aliphatic heterocycles. The molecule has 0 fully saturated rings. The number of sulfonamides is 1. The van der Waals surface area contributed by atoms with E-state index in [4.69, 9.17) is 0 Å². The van der Waals surface area contributed by atoms with Crippen LogP contribution in [0.15, 0.2) is 41.1 Å². The van der Waals surface area contributed by atoms with Crippen molar-refractivity contribution >= 4 is 37.9 Å². The van der Waals surface area contributed by atoms with Crippen molar-refractivity contribution in [3.05, 3.63) is 52.5 Å². The zero-order valence-corrected chi connectivity index (χ0v) is 16.6. The third-order valence-electron chi connectivity index (χ3n) is 3.38. The van der Waals surface area contributed by atoms with Crippen LogP contribution in [0.4, 0.5) is 4.39 Å². The maximum absolute atomic E-state index is 14.2. The summed E-state index contributed by atoms with van der Waals surface area (Å²) in [7, 11) is -1.74. The van der Waals surface area contributed by atoms with E-state index < -0.39 is 15.8 Å². The summed E-state index contributed by atoms with van der Waals surface area (Å²) in [6.45, 7) is 0.343. The van der Waals surface area contributed by atoms with Gasteiger partial charge in [0.25, 0.3) is 0 Å². The van der Waals surface area contributed by atoms with Crippen LogP contribution in [-0.2, 0) is 14.8 Å². The van der Waals surface area contributed by atoms with Gasteiger partial charge in [0.05, 0.1) is 16.9 Å². The third kappa shape index (κ3) is 6.04. The Morgan fingerprint density at radius 3 is 2.77 bits per heavy atom. The fourth-order valence-corrected chi connectivity index (χ4v) is 2.80. The molecule has 1 aromatic heterocycles. The van der Waals surface area contributed by atoms with Crippen molar-refractivity contribution in [1.29, 1.82) is 0 Å². The Bertz CT molecular complexity index is 927. The van der Waals surface area contributed by atoms with Crippen LogP contribution in [0.25, 0.3) is 11.8 Å². The largest absolute Gasteiger partial charge is 0.341 e. The van der Waals surface area contributed by atoms with Crippen molar-refractivity contribution in [1.82, 2.24) is 19.4 Å². The van der Waals surface area contributed by atoms with E-state index in [1.807, 2.05) is 0 Å². The van der Waals surface area contributed by atoms with Crippen LogP contribution in [0.2, 0.25) is 0 Å². The van der Waals surface area contributed by atoms with E-state index >= 15 is 0 Å². The number of carbonyl (C=O) groups is 1. The molecule has 0 aliphatic rings. The summed E-state index contributed by atoms with van der Waals surface area (Å²) in [5, 5.41) is 4.02. The first-order valence-corrected chi connectivity index (χ1v) is 10.2. The maximum Gasteiger partial charge on any atom is 0.246 e. The van der Waals surface area contributed by atoms with Gasteiger partial charge in [-0.05, 0) is 39.7 Å². The van der Waals surface area contributed by atoms with Gasteiger partial charge in [-0.2, -0.15) is 5.10 Å². The lowest BCUT2D eigenvalue weighted by Crippen LogP contribution is -2.34. The van der Waals surface area contributed by atoms with Crippen LogP contribution in [0.3, 0.4) is 0 Å². The zero-order chi connectivity index (χ0) is 19.3. The number of hydrogen-bond acceptors (Lipinski definition) is 4. The summed E-state index contributed by atoms with van der Waals surface area (Å²) in [5.41, 5.74) is 0.816. The Morgan fingerprint density at radius 1 is 1.46 bits per heavy atom. The van der Waals surface area contributed by atoms with Crippen molar-refractivity contribution in [3.63, 3.8) is 0 Å². The molecule has 0 unspecified atom stereocenters. The molecule has 26 heavy (non-hydrogen) atoms. The average Bonchev–Trinajstić information content (AvgIpc) is 2.97. The molecule has 0 radical (unpaired) electrons. The molecule has 7 nitrogen and oxygen atoms in total. The van der Waals surface area contributed by atoms with Crippen molar-refractivity contribution in [2.24, 2.45) is 0 Å². The Kier molecular flexibility index (Phi) is 6.68. The Morgan fingerprint density at radius 2 is 2.19 bits per heavy atom. The topological polar surface area (TPSA) is 84.3 Å². The zero-order valence-electron chi connectivity index (χ0n) is 14.2. The molecule has 1 N–H and O–H groups in total. The average molecular weight is 445 g/mol. The number of carbonyl (C=O) groups excluding carboxylic acids is 1. The predicted octanol–water partition coefficient (Wildman–Crippen LogP) is 1.79. The van der Waals surface area contributed by atoms with Gasteiger partial charge >= 0.3 is 0 Å². The van der Waals surface area contributed by atoms with E-state index in [1.165, 1.54) is 27.8 Å². The highest BCUT2D eigenvalue weighted by atomic mass is 79.9. The highest BCUT2D eigenvalue weighted by Crippen LogP contribution is 2.18. The lowest BCUT2D eigenvalue weighted by atomic mass is 10.2. The molecule has 0 atom stereocenters. The van der Waals surface area contributed by atoms with Crippen LogP contribution in [-0.4, -0.2) is 55.4 Å². The van der Waals surface area contributed by atoms with Gasteiger partial charge in [0.1, 0.15) is 11.5 Å². The van der Waals surface area contributed by atoms with E-state index in [1.54, 1.807) is 31.6 Å². The van der Waals surface area contributed by atoms with Gasteiger partial charge in [0.15, 0.2) is 0 Å². The Labute approximate surface area is 159 Å². The molecule has 140 valence electrons. The molecule has 0 saturated heterocycles. The number of nitrogens with one attached hydrogen (secondary N) is 1. The number of halogens is 2. The van der Waals surface area contributed by atoms with Gasteiger partial charge in [0.2, 0.25) is 15.9 Å². The molecule has 10 heteroatoms. The Balaban J connectivity index is 1.99. The maximum atomic E-state index is 14.2.